The Kier molecular flexibility index (Phi) is 6.59. The Morgan fingerprint density at radius 2 is 1.00 bits per heavy atom. The molecule has 0 unspecified atom stereocenters. The number of rotatable bonds is 7. The van der Waals surface area contributed by atoms with Crippen LogP contribution in [0.1, 0.15) is 30.4 Å². The molecule has 0 aliphatic rings. The fourth-order valence-electron chi connectivity index (χ4n) is 3.89. The van der Waals surface area contributed by atoms with E-state index in [9.17, 15) is 4.79 Å². The lowest BCUT2D eigenvalue weighted by Gasteiger charge is -2.18. The van der Waals surface area contributed by atoms with Crippen LogP contribution in [-0.4, -0.2) is 12.6 Å². The molecule has 4 aromatic carbocycles. The third kappa shape index (κ3) is 5.10. The normalized spacial score (nSPS) is 10.8. The lowest BCUT2D eigenvalue weighted by molar-refractivity contribution is -0.143. The molecular formula is C29H26O2. The Balaban J connectivity index is 1.63. The number of hydrogen-bond acceptors (Lipinski definition) is 2. The van der Waals surface area contributed by atoms with Crippen LogP contribution in [0.3, 0.4) is 0 Å². The molecule has 0 atom stereocenters. The van der Waals surface area contributed by atoms with Gasteiger partial charge in [-0.05, 0) is 40.3 Å². The van der Waals surface area contributed by atoms with Crippen molar-refractivity contribution >= 4 is 5.97 Å². The van der Waals surface area contributed by atoms with Crippen molar-refractivity contribution in [1.82, 2.24) is 0 Å². The van der Waals surface area contributed by atoms with Crippen LogP contribution < -0.4 is 0 Å². The van der Waals surface area contributed by atoms with Gasteiger partial charge in [-0.25, -0.2) is 0 Å². The molecule has 0 fully saturated rings. The molecule has 4 rings (SSSR count). The van der Waals surface area contributed by atoms with Crippen LogP contribution in [0.5, 0.6) is 0 Å². The molecule has 154 valence electrons. The Labute approximate surface area is 184 Å². The first kappa shape index (κ1) is 20.6. The van der Waals surface area contributed by atoms with E-state index >= 15 is 0 Å². The summed E-state index contributed by atoms with van der Waals surface area (Å²) in [5.74, 6) is -0.222. The van der Waals surface area contributed by atoms with E-state index in [-0.39, 0.29) is 11.9 Å². The van der Waals surface area contributed by atoms with Gasteiger partial charge in [0.1, 0.15) is 0 Å². The van der Waals surface area contributed by atoms with Gasteiger partial charge < -0.3 is 4.74 Å². The van der Waals surface area contributed by atoms with Crippen molar-refractivity contribution in [2.24, 2.45) is 0 Å². The summed E-state index contributed by atoms with van der Waals surface area (Å²) < 4.78 is 5.26. The fourth-order valence-corrected chi connectivity index (χ4v) is 3.89. The van der Waals surface area contributed by atoms with Crippen molar-refractivity contribution in [1.29, 1.82) is 0 Å². The Morgan fingerprint density at radius 1 is 0.613 bits per heavy atom. The number of benzene rings is 4. The molecule has 0 saturated heterocycles. The molecule has 4 aromatic rings. The second kappa shape index (κ2) is 9.90. The Hall–Kier alpha value is -3.65. The highest BCUT2D eigenvalue weighted by Gasteiger charge is 2.19. The van der Waals surface area contributed by atoms with Gasteiger partial charge in [0, 0.05) is 5.92 Å². The maximum atomic E-state index is 12.4. The average Bonchev–Trinajstić information content (AvgIpc) is 2.84. The quantitative estimate of drug-likeness (QED) is 0.306. The molecule has 0 aliphatic carbocycles. The van der Waals surface area contributed by atoms with Crippen molar-refractivity contribution in [2.45, 2.75) is 19.3 Å². The SMILES string of the molecule is CCOC(=O)CC(c1ccc(-c2ccccc2)cc1)c1ccc(-c2ccccc2)cc1. The van der Waals surface area contributed by atoms with Crippen molar-refractivity contribution < 1.29 is 9.53 Å². The van der Waals surface area contributed by atoms with E-state index in [4.69, 9.17) is 4.74 Å². The average molecular weight is 407 g/mol. The molecule has 0 amide bonds. The van der Waals surface area contributed by atoms with Gasteiger partial charge in [-0.1, -0.05) is 109 Å². The zero-order chi connectivity index (χ0) is 21.5. The zero-order valence-corrected chi connectivity index (χ0v) is 17.7. The van der Waals surface area contributed by atoms with Crippen molar-refractivity contribution in [3.05, 3.63) is 120 Å². The predicted octanol–water partition coefficient (Wildman–Crippen LogP) is 7.11. The number of ether oxygens (including phenoxy) is 1. The number of carbonyl (C=O) groups is 1. The van der Waals surface area contributed by atoms with Crippen LogP contribution in [0.25, 0.3) is 22.3 Å². The van der Waals surface area contributed by atoms with Gasteiger partial charge in [0.25, 0.3) is 0 Å². The van der Waals surface area contributed by atoms with Gasteiger partial charge in [-0.2, -0.15) is 0 Å². The second-order valence-electron chi connectivity index (χ2n) is 7.54. The first-order valence-electron chi connectivity index (χ1n) is 10.7. The van der Waals surface area contributed by atoms with Crippen LogP contribution in [0.15, 0.2) is 109 Å². The van der Waals surface area contributed by atoms with Gasteiger partial charge in [-0.15, -0.1) is 0 Å². The van der Waals surface area contributed by atoms with E-state index in [1.165, 1.54) is 22.3 Å². The molecular weight excluding hydrogens is 380 g/mol. The first-order chi connectivity index (χ1) is 15.2. The summed E-state index contributed by atoms with van der Waals surface area (Å²) in [6, 6.07) is 37.6. The topological polar surface area (TPSA) is 26.3 Å². The molecule has 0 saturated carbocycles. The summed E-state index contributed by atoms with van der Waals surface area (Å²) in [4.78, 5) is 12.4. The van der Waals surface area contributed by atoms with Gasteiger partial charge in [-0.3, -0.25) is 4.79 Å². The minimum Gasteiger partial charge on any atom is -0.466 e. The highest BCUT2D eigenvalue weighted by atomic mass is 16.5. The molecule has 31 heavy (non-hydrogen) atoms. The van der Waals surface area contributed by atoms with E-state index in [2.05, 4.69) is 72.8 Å². The summed E-state index contributed by atoms with van der Waals surface area (Å²) in [7, 11) is 0. The molecule has 0 aromatic heterocycles. The third-order valence-corrected chi connectivity index (χ3v) is 5.52. The molecule has 2 nitrogen and oxygen atoms in total. The molecule has 0 bridgehead atoms. The van der Waals surface area contributed by atoms with E-state index < -0.39 is 0 Å². The highest BCUT2D eigenvalue weighted by Crippen LogP contribution is 2.32. The number of esters is 1. The largest absolute Gasteiger partial charge is 0.466 e. The number of carbonyl (C=O) groups excluding carboxylic acids is 1. The van der Waals surface area contributed by atoms with Crippen molar-refractivity contribution in [3.8, 4) is 22.3 Å². The van der Waals surface area contributed by atoms with Crippen LogP contribution in [0.2, 0.25) is 0 Å². The minimum absolute atomic E-state index is 0.0475. The lowest BCUT2D eigenvalue weighted by Crippen LogP contribution is -2.11. The minimum atomic E-state index is -0.174. The smallest absolute Gasteiger partial charge is 0.306 e. The van der Waals surface area contributed by atoms with Gasteiger partial charge in [0.05, 0.1) is 13.0 Å². The van der Waals surface area contributed by atoms with Crippen LogP contribution in [0, 0.1) is 0 Å². The van der Waals surface area contributed by atoms with Gasteiger partial charge >= 0.3 is 5.97 Å². The molecule has 0 aliphatic heterocycles. The van der Waals surface area contributed by atoms with Crippen LogP contribution in [0.4, 0.5) is 0 Å². The van der Waals surface area contributed by atoms with E-state index in [1.54, 1.807) is 0 Å². The summed E-state index contributed by atoms with van der Waals surface area (Å²) >= 11 is 0. The van der Waals surface area contributed by atoms with E-state index in [0.29, 0.717) is 13.0 Å². The molecule has 0 spiro atoms. The summed E-state index contributed by atoms with van der Waals surface area (Å²) in [5.41, 5.74) is 6.92. The van der Waals surface area contributed by atoms with Gasteiger partial charge in [0.2, 0.25) is 0 Å². The van der Waals surface area contributed by atoms with Gasteiger partial charge in [0.15, 0.2) is 0 Å². The maximum Gasteiger partial charge on any atom is 0.306 e. The van der Waals surface area contributed by atoms with Crippen LogP contribution >= 0.6 is 0 Å². The molecule has 2 heteroatoms. The van der Waals surface area contributed by atoms with Crippen molar-refractivity contribution in [2.75, 3.05) is 6.61 Å². The van der Waals surface area contributed by atoms with E-state index in [0.717, 1.165) is 11.1 Å². The monoisotopic (exact) mass is 406 g/mol. The number of hydrogen-bond donors (Lipinski definition) is 0. The molecule has 0 N–H and O–H groups in total. The highest BCUT2D eigenvalue weighted by molar-refractivity contribution is 5.72. The summed E-state index contributed by atoms with van der Waals surface area (Å²) in [6.45, 7) is 2.24. The van der Waals surface area contributed by atoms with E-state index in [1.807, 2.05) is 43.3 Å². The summed E-state index contributed by atoms with van der Waals surface area (Å²) in [6.07, 6.45) is 0.323. The van der Waals surface area contributed by atoms with Crippen LogP contribution in [-0.2, 0) is 9.53 Å². The molecule has 0 heterocycles. The Morgan fingerprint density at radius 3 is 1.39 bits per heavy atom. The standard InChI is InChI=1S/C29H26O2/c1-2-31-29(30)21-28(26-17-13-24(14-18-26)22-9-5-3-6-10-22)27-19-15-25(16-20-27)23-11-7-4-8-12-23/h3-20,28H,2,21H2,1H3. The Bertz CT molecular complexity index is 1020. The van der Waals surface area contributed by atoms with Crippen molar-refractivity contribution in [3.63, 3.8) is 0 Å². The molecule has 0 radical (unpaired) electrons. The second-order valence-corrected chi connectivity index (χ2v) is 7.54. The lowest BCUT2D eigenvalue weighted by atomic mass is 9.87. The predicted molar refractivity (Wildman–Crippen MR) is 127 cm³/mol. The first-order valence-corrected chi connectivity index (χ1v) is 10.7. The summed E-state index contributed by atoms with van der Waals surface area (Å²) in [5, 5.41) is 0. The fraction of sp³-hybridized carbons (Fsp3) is 0.138. The zero-order valence-electron chi connectivity index (χ0n) is 17.7. The third-order valence-electron chi connectivity index (χ3n) is 5.52. The maximum absolute atomic E-state index is 12.4.